The lowest BCUT2D eigenvalue weighted by Crippen LogP contribution is -2.52. The molecule has 94 valence electrons. The van der Waals surface area contributed by atoms with E-state index in [-0.39, 0.29) is 11.8 Å². The predicted molar refractivity (Wildman–Crippen MR) is 59.1 cm³/mol. The number of carboxylic acids is 1. The summed E-state index contributed by atoms with van der Waals surface area (Å²) < 4.78 is 0. The van der Waals surface area contributed by atoms with Crippen molar-refractivity contribution in [3.63, 3.8) is 0 Å². The van der Waals surface area contributed by atoms with Gasteiger partial charge in [-0.05, 0) is 19.3 Å². The van der Waals surface area contributed by atoms with Gasteiger partial charge in [-0.15, -0.1) is 0 Å². The number of imide groups is 1. The van der Waals surface area contributed by atoms with Crippen molar-refractivity contribution < 1.29 is 19.5 Å². The Morgan fingerprint density at radius 1 is 1.06 bits per heavy atom. The summed E-state index contributed by atoms with van der Waals surface area (Å²) in [5.41, 5.74) is 0. The third kappa shape index (κ3) is 2.33. The number of piperidine rings is 1. The van der Waals surface area contributed by atoms with E-state index in [9.17, 15) is 14.4 Å². The van der Waals surface area contributed by atoms with Crippen molar-refractivity contribution >= 4 is 17.8 Å². The van der Waals surface area contributed by atoms with Crippen molar-refractivity contribution in [2.75, 3.05) is 0 Å². The van der Waals surface area contributed by atoms with Crippen molar-refractivity contribution in [3.05, 3.63) is 0 Å². The number of aliphatic carboxylic acids is 1. The van der Waals surface area contributed by atoms with Gasteiger partial charge in [0.15, 0.2) is 0 Å². The van der Waals surface area contributed by atoms with E-state index in [0.29, 0.717) is 32.1 Å². The molecule has 0 radical (unpaired) electrons. The van der Waals surface area contributed by atoms with Gasteiger partial charge in [0.1, 0.15) is 0 Å². The number of carboxylic acid groups (broad SMARTS) is 1. The molecule has 0 aromatic rings. The minimum absolute atomic E-state index is 0.195. The van der Waals surface area contributed by atoms with Gasteiger partial charge in [-0.1, -0.05) is 12.8 Å². The Balaban J connectivity index is 2.19. The van der Waals surface area contributed by atoms with E-state index in [1.807, 2.05) is 0 Å². The van der Waals surface area contributed by atoms with Crippen LogP contribution in [0.3, 0.4) is 0 Å². The van der Waals surface area contributed by atoms with E-state index < -0.39 is 17.9 Å². The lowest BCUT2D eigenvalue weighted by atomic mass is 9.82. The summed E-state index contributed by atoms with van der Waals surface area (Å²) >= 11 is 0. The van der Waals surface area contributed by atoms with Crippen LogP contribution < -0.4 is 0 Å². The van der Waals surface area contributed by atoms with Gasteiger partial charge in [0, 0.05) is 12.8 Å². The molecule has 2 atom stereocenters. The molecule has 2 fully saturated rings. The number of hydrogen-bond acceptors (Lipinski definition) is 3. The second-order valence-electron chi connectivity index (χ2n) is 4.81. The zero-order valence-electron chi connectivity index (χ0n) is 9.72. The quantitative estimate of drug-likeness (QED) is 0.734. The number of likely N-dealkylation sites (tertiary alicyclic amines) is 1. The number of carbonyl (C=O) groups excluding carboxylic acids is 2. The fraction of sp³-hybridized carbons (Fsp3) is 0.750. The second-order valence-corrected chi connectivity index (χ2v) is 4.81. The summed E-state index contributed by atoms with van der Waals surface area (Å²) in [5, 5.41) is 9.16. The van der Waals surface area contributed by atoms with Gasteiger partial charge in [-0.25, -0.2) is 0 Å². The maximum Gasteiger partial charge on any atom is 0.308 e. The molecule has 1 N–H and O–H groups in total. The Morgan fingerprint density at radius 3 is 2.24 bits per heavy atom. The molecule has 2 amide bonds. The van der Waals surface area contributed by atoms with Gasteiger partial charge >= 0.3 is 5.97 Å². The average molecular weight is 239 g/mol. The molecule has 1 heterocycles. The van der Waals surface area contributed by atoms with Gasteiger partial charge in [-0.2, -0.15) is 0 Å². The zero-order chi connectivity index (χ0) is 12.4. The van der Waals surface area contributed by atoms with Crippen LogP contribution in [0.4, 0.5) is 0 Å². The average Bonchev–Trinajstić information content (AvgIpc) is 2.29. The minimum Gasteiger partial charge on any atom is -0.481 e. The maximum absolute atomic E-state index is 11.8. The first-order valence-electron chi connectivity index (χ1n) is 6.19. The Morgan fingerprint density at radius 2 is 1.65 bits per heavy atom. The van der Waals surface area contributed by atoms with E-state index in [1.165, 1.54) is 4.90 Å². The van der Waals surface area contributed by atoms with Crippen LogP contribution in [-0.2, 0) is 14.4 Å². The standard InChI is InChI=1S/C12H17NO4/c14-10-6-3-7-11(15)13(10)9-5-2-1-4-8(9)12(16)17/h8-9H,1-7H2,(H,16,17). The lowest BCUT2D eigenvalue weighted by Gasteiger charge is -2.38. The van der Waals surface area contributed by atoms with Crippen LogP contribution in [0.5, 0.6) is 0 Å². The molecule has 2 rings (SSSR count). The largest absolute Gasteiger partial charge is 0.481 e. The third-order valence-corrected chi connectivity index (χ3v) is 3.70. The third-order valence-electron chi connectivity index (χ3n) is 3.70. The summed E-state index contributed by atoms with van der Waals surface area (Å²) in [6, 6.07) is -0.415. The van der Waals surface area contributed by atoms with Gasteiger partial charge in [-0.3, -0.25) is 19.3 Å². The number of hydrogen-bond donors (Lipinski definition) is 1. The first kappa shape index (κ1) is 12.1. The van der Waals surface area contributed by atoms with Gasteiger partial charge in [0.25, 0.3) is 0 Å². The normalized spacial score (nSPS) is 30.5. The topological polar surface area (TPSA) is 74.7 Å². The van der Waals surface area contributed by atoms with Crippen molar-refractivity contribution in [1.82, 2.24) is 4.90 Å². The van der Waals surface area contributed by atoms with Crippen LogP contribution in [0, 0.1) is 5.92 Å². The summed E-state index contributed by atoms with van der Waals surface area (Å²) in [6.45, 7) is 0. The van der Waals surface area contributed by atoms with E-state index in [2.05, 4.69) is 0 Å². The number of rotatable bonds is 2. The number of amides is 2. The van der Waals surface area contributed by atoms with Crippen LogP contribution in [0.25, 0.3) is 0 Å². The SMILES string of the molecule is O=C(O)C1CCCCC1N1C(=O)CCCC1=O. The Bertz CT molecular complexity index is 336. The van der Waals surface area contributed by atoms with Crippen LogP contribution in [-0.4, -0.2) is 33.8 Å². The van der Waals surface area contributed by atoms with E-state index in [4.69, 9.17) is 5.11 Å². The summed E-state index contributed by atoms with van der Waals surface area (Å²) in [5.74, 6) is -1.85. The molecule has 1 saturated carbocycles. The van der Waals surface area contributed by atoms with Crippen molar-refractivity contribution in [1.29, 1.82) is 0 Å². The monoisotopic (exact) mass is 239 g/mol. The van der Waals surface area contributed by atoms with Crippen LogP contribution in [0.2, 0.25) is 0 Å². The first-order chi connectivity index (χ1) is 8.11. The smallest absolute Gasteiger partial charge is 0.308 e. The highest BCUT2D eigenvalue weighted by Gasteiger charge is 2.40. The summed E-state index contributed by atoms with van der Waals surface area (Å²) in [7, 11) is 0. The van der Waals surface area contributed by atoms with Crippen LogP contribution in [0.15, 0.2) is 0 Å². The molecule has 1 saturated heterocycles. The Labute approximate surface area is 99.8 Å². The highest BCUT2D eigenvalue weighted by molar-refractivity contribution is 5.98. The van der Waals surface area contributed by atoms with Crippen LogP contribution in [0.1, 0.15) is 44.9 Å². The van der Waals surface area contributed by atoms with Crippen molar-refractivity contribution in [2.24, 2.45) is 5.92 Å². The molecule has 2 aliphatic rings. The molecular weight excluding hydrogens is 222 g/mol. The Hall–Kier alpha value is -1.39. The van der Waals surface area contributed by atoms with Crippen molar-refractivity contribution in [3.8, 4) is 0 Å². The molecule has 1 aliphatic carbocycles. The molecule has 5 nitrogen and oxygen atoms in total. The number of nitrogens with zero attached hydrogens (tertiary/aromatic N) is 1. The van der Waals surface area contributed by atoms with E-state index in [1.54, 1.807) is 0 Å². The molecule has 0 aromatic carbocycles. The van der Waals surface area contributed by atoms with Gasteiger partial charge < -0.3 is 5.11 Å². The predicted octanol–water partition coefficient (Wildman–Crippen LogP) is 1.17. The molecular formula is C12H17NO4. The zero-order valence-corrected chi connectivity index (χ0v) is 9.72. The fourth-order valence-electron chi connectivity index (χ4n) is 2.85. The van der Waals surface area contributed by atoms with E-state index >= 15 is 0 Å². The Kier molecular flexibility index (Phi) is 3.45. The molecule has 17 heavy (non-hydrogen) atoms. The van der Waals surface area contributed by atoms with Crippen LogP contribution >= 0.6 is 0 Å². The highest BCUT2D eigenvalue weighted by Crippen LogP contribution is 2.31. The van der Waals surface area contributed by atoms with E-state index in [0.717, 1.165) is 12.8 Å². The summed E-state index contributed by atoms with van der Waals surface area (Å²) in [6.07, 6.45) is 4.29. The maximum atomic E-state index is 11.8. The van der Waals surface area contributed by atoms with Crippen molar-refractivity contribution in [2.45, 2.75) is 51.0 Å². The van der Waals surface area contributed by atoms with Gasteiger partial charge in [0.05, 0.1) is 12.0 Å². The fourth-order valence-corrected chi connectivity index (χ4v) is 2.85. The molecule has 1 aliphatic heterocycles. The van der Waals surface area contributed by atoms with Gasteiger partial charge in [0.2, 0.25) is 11.8 Å². The molecule has 0 bridgehead atoms. The highest BCUT2D eigenvalue weighted by atomic mass is 16.4. The molecule has 0 aromatic heterocycles. The second kappa shape index (κ2) is 4.85. The molecule has 5 heteroatoms. The molecule has 2 unspecified atom stereocenters. The number of carbonyl (C=O) groups is 3. The first-order valence-corrected chi connectivity index (χ1v) is 6.19. The molecule has 0 spiro atoms. The minimum atomic E-state index is -0.888. The summed E-state index contributed by atoms with van der Waals surface area (Å²) in [4.78, 5) is 36.0. The lowest BCUT2D eigenvalue weighted by molar-refractivity contribution is -0.157.